The monoisotopic (exact) mass is 447 g/mol. The molecule has 0 saturated carbocycles. The maximum Gasteiger partial charge on any atom is 0.416 e. The van der Waals surface area contributed by atoms with Gasteiger partial charge in [-0.05, 0) is 31.2 Å². The Morgan fingerprint density at radius 3 is 2.33 bits per heavy atom. The van der Waals surface area contributed by atoms with Crippen LogP contribution in [0.5, 0.6) is 11.5 Å². The lowest BCUT2D eigenvalue weighted by atomic mass is 10.0. The number of hydrogen-bond donors (Lipinski definition) is 0. The summed E-state index contributed by atoms with van der Waals surface area (Å²) in [7, 11) is 0.989. The molecule has 0 aliphatic rings. The summed E-state index contributed by atoms with van der Waals surface area (Å²) >= 11 is 5.82. The number of halogens is 4. The van der Waals surface area contributed by atoms with Gasteiger partial charge in [-0.15, -0.1) is 0 Å². The molecule has 0 spiro atoms. The molecule has 30 heavy (non-hydrogen) atoms. The van der Waals surface area contributed by atoms with E-state index in [0.29, 0.717) is 12.1 Å². The topological polar surface area (TPSA) is 105 Å². The van der Waals surface area contributed by atoms with Gasteiger partial charge in [0.05, 0.1) is 40.9 Å². The number of hydrogen-bond acceptors (Lipinski definition) is 7. The van der Waals surface area contributed by atoms with Gasteiger partial charge in [-0.25, -0.2) is 9.59 Å². The number of esters is 2. The van der Waals surface area contributed by atoms with Crippen LogP contribution in [0.15, 0.2) is 30.3 Å². The molecule has 0 aromatic heterocycles. The summed E-state index contributed by atoms with van der Waals surface area (Å²) < 4.78 is 52.9. The predicted octanol–water partition coefficient (Wildman–Crippen LogP) is 5.02. The van der Waals surface area contributed by atoms with Gasteiger partial charge in [-0.1, -0.05) is 11.6 Å². The van der Waals surface area contributed by atoms with Crippen molar-refractivity contribution in [1.29, 1.82) is 0 Å². The Kier molecular flexibility index (Phi) is 6.88. The molecule has 2 aromatic rings. The van der Waals surface area contributed by atoms with Gasteiger partial charge in [-0.2, -0.15) is 13.2 Å². The summed E-state index contributed by atoms with van der Waals surface area (Å²) in [5.41, 5.74) is -3.03. The van der Waals surface area contributed by atoms with Gasteiger partial charge in [0.1, 0.15) is 11.5 Å². The minimum Gasteiger partial charge on any atom is -0.465 e. The molecule has 2 aromatic carbocycles. The van der Waals surface area contributed by atoms with Crippen molar-refractivity contribution in [2.45, 2.75) is 13.1 Å². The Bertz CT molecular complexity index is 1010. The number of carbonyl (C=O) groups excluding carboxylic acids is 2. The summed E-state index contributed by atoms with van der Waals surface area (Å²) in [5, 5.41) is 11.0. The third kappa shape index (κ3) is 4.98. The second kappa shape index (κ2) is 8.99. The quantitative estimate of drug-likeness (QED) is 0.347. The molecule has 0 unspecified atom stereocenters. The van der Waals surface area contributed by atoms with Crippen molar-refractivity contribution >= 4 is 29.2 Å². The molecular weight excluding hydrogens is 435 g/mol. The van der Waals surface area contributed by atoms with Gasteiger partial charge < -0.3 is 14.2 Å². The lowest BCUT2D eigenvalue weighted by Gasteiger charge is -2.13. The van der Waals surface area contributed by atoms with E-state index in [0.717, 1.165) is 25.3 Å². The molecule has 2 rings (SSSR count). The number of methoxy groups -OCH3 is 1. The average molecular weight is 448 g/mol. The van der Waals surface area contributed by atoms with Gasteiger partial charge in [-0.3, -0.25) is 10.1 Å². The molecule has 0 N–H and O–H groups in total. The number of rotatable bonds is 6. The highest BCUT2D eigenvalue weighted by molar-refractivity contribution is 6.32. The minimum absolute atomic E-state index is 0.115. The Morgan fingerprint density at radius 1 is 1.17 bits per heavy atom. The molecule has 12 heteroatoms. The van der Waals surface area contributed by atoms with Crippen molar-refractivity contribution in [3.05, 3.63) is 62.2 Å². The van der Waals surface area contributed by atoms with Crippen LogP contribution in [0.1, 0.15) is 33.2 Å². The molecule has 0 bridgehead atoms. The van der Waals surface area contributed by atoms with Crippen molar-refractivity contribution in [2.24, 2.45) is 0 Å². The zero-order chi connectivity index (χ0) is 22.6. The Labute approximate surface area is 172 Å². The van der Waals surface area contributed by atoms with E-state index in [4.69, 9.17) is 21.1 Å². The molecule has 0 heterocycles. The molecule has 160 valence electrons. The molecule has 8 nitrogen and oxygen atoms in total. The Morgan fingerprint density at radius 2 is 1.83 bits per heavy atom. The first-order valence-corrected chi connectivity index (χ1v) is 8.49. The summed E-state index contributed by atoms with van der Waals surface area (Å²) in [6.45, 7) is 1.35. The van der Waals surface area contributed by atoms with E-state index < -0.39 is 50.4 Å². The number of alkyl halides is 3. The van der Waals surface area contributed by atoms with E-state index in [1.807, 2.05) is 0 Å². The van der Waals surface area contributed by atoms with Crippen LogP contribution in [-0.2, 0) is 15.7 Å². The molecule has 0 amide bonds. The van der Waals surface area contributed by atoms with E-state index in [1.165, 1.54) is 6.92 Å². The van der Waals surface area contributed by atoms with Gasteiger partial charge in [0.15, 0.2) is 5.56 Å². The largest absolute Gasteiger partial charge is 0.465 e. The first-order chi connectivity index (χ1) is 14.0. The van der Waals surface area contributed by atoms with Crippen molar-refractivity contribution in [1.82, 2.24) is 0 Å². The van der Waals surface area contributed by atoms with Crippen LogP contribution in [0.4, 0.5) is 18.9 Å². The number of benzene rings is 2. The highest BCUT2D eigenvalue weighted by Gasteiger charge is 2.32. The number of ether oxygens (including phenoxy) is 3. The second-order valence-electron chi connectivity index (χ2n) is 5.58. The van der Waals surface area contributed by atoms with Crippen molar-refractivity contribution in [2.75, 3.05) is 13.7 Å². The molecule has 0 aliphatic heterocycles. The van der Waals surface area contributed by atoms with Crippen LogP contribution in [0.3, 0.4) is 0 Å². The lowest BCUT2D eigenvalue weighted by molar-refractivity contribution is -0.385. The van der Waals surface area contributed by atoms with Crippen molar-refractivity contribution in [3.63, 3.8) is 0 Å². The number of carbonyl (C=O) groups is 2. The van der Waals surface area contributed by atoms with Crippen molar-refractivity contribution in [3.8, 4) is 11.5 Å². The SMILES string of the molecule is CCOC(=O)c1c(C(=O)OC)cc(Oc2ccc(C(F)(F)F)cc2Cl)cc1[N+](=O)[O-]. The fourth-order valence-electron chi connectivity index (χ4n) is 2.38. The van der Waals surface area contributed by atoms with Crippen LogP contribution in [-0.4, -0.2) is 30.6 Å². The molecular formula is C18H13ClF3NO7. The van der Waals surface area contributed by atoms with Crippen LogP contribution in [0.25, 0.3) is 0 Å². The van der Waals surface area contributed by atoms with Gasteiger partial charge in [0.25, 0.3) is 5.69 Å². The molecule has 0 saturated heterocycles. The Hall–Kier alpha value is -3.34. The molecule has 0 atom stereocenters. The first-order valence-electron chi connectivity index (χ1n) is 8.12. The van der Waals surface area contributed by atoms with E-state index in [9.17, 15) is 32.9 Å². The summed E-state index contributed by atoms with van der Waals surface area (Å²) in [6, 6.07) is 3.99. The maximum absolute atomic E-state index is 12.8. The number of nitro benzene ring substituents is 1. The summed E-state index contributed by atoms with van der Waals surface area (Å²) in [6.07, 6.45) is -4.64. The average Bonchev–Trinajstić information content (AvgIpc) is 2.67. The van der Waals surface area contributed by atoms with E-state index in [-0.39, 0.29) is 18.1 Å². The fourth-order valence-corrected chi connectivity index (χ4v) is 2.60. The third-order valence-electron chi connectivity index (χ3n) is 3.66. The van der Waals surface area contributed by atoms with E-state index in [1.54, 1.807) is 0 Å². The molecule has 0 fully saturated rings. The van der Waals surface area contributed by atoms with Gasteiger partial charge in [0.2, 0.25) is 0 Å². The Balaban J connectivity index is 2.59. The van der Waals surface area contributed by atoms with Crippen molar-refractivity contribution < 1.29 is 41.9 Å². The van der Waals surface area contributed by atoms with Gasteiger partial charge >= 0.3 is 18.1 Å². The first kappa shape index (κ1) is 22.9. The second-order valence-corrected chi connectivity index (χ2v) is 5.99. The minimum atomic E-state index is -4.64. The van der Waals surface area contributed by atoms with Crippen LogP contribution in [0, 0.1) is 10.1 Å². The number of nitrogens with zero attached hydrogens (tertiary/aromatic N) is 1. The highest BCUT2D eigenvalue weighted by Crippen LogP contribution is 2.38. The molecule has 0 aliphatic carbocycles. The number of nitro groups is 1. The van der Waals surface area contributed by atoms with Gasteiger partial charge in [0, 0.05) is 0 Å². The smallest absolute Gasteiger partial charge is 0.416 e. The zero-order valence-corrected chi connectivity index (χ0v) is 16.2. The van der Waals surface area contributed by atoms with E-state index in [2.05, 4.69) is 4.74 Å². The van der Waals surface area contributed by atoms with Crippen LogP contribution < -0.4 is 4.74 Å². The van der Waals surface area contributed by atoms with Crippen LogP contribution in [0.2, 0.25) is 5.02 Å². The normalized spacial score (nSPS) is 11.0. The zero-order valence-electron chi connectivity index (χ0n) is 15.4. The third-order valence-corrected chi connectivity index (χ3v) is 3.95. The predicted molar refractivity (Wildman–Crippen MR) is 96.9 cm³/mol. The summed E-state index contributed by atoms with van der Waals surface area (Å²) in [4.78, 5) is 34.8. The lowest BCUT2D eigenvalue weighted by Crippen LogP contribution is -2.15. The molecule has 0 radical (unpaired) electrons. The highest BCUT2D eigenvalue weighted by atomic mass is 35.5. The van der Waals surface area contributed by atoms with E-state index >= 15 is 0 Å². The maximum atomic E-state index is 12.8. The standard InChI is InChI=1S/C18H13ClF3NO7/c1-3-29-17(25)15-11(16(24)28-2)7-10(8-13(15)23(26)27)30-14-5-4-9(6-12(14)19)18(20,21)22/h4-8H,3H2,1-2H3. The summed E-state index contributed by atoms with van der Waals surface area (Å²) in [5.74, 6) is -2.83. The van der Waals surface area contributed by atoms with Crippen LogP contribution >= 0.6 is 11.6 Å². The fraction of sp³-hybridized carbons (Fsp3) is 0.222.